The summed E-state index contributed by atoms with van der Waals surface area (Å²) in [5, 5.41) is 5.99. The zero-order valence-corrected chi connectivity index (χ0v) is 14.9. The van der Waals surface area contributed by atoms with Gasteiger partial charge in [0, 0.05) is 12.5 Å². The molecule has 2 N–H and O–H groups in total. The quantitative estimate of drug-likeness (QED) is 0.759. The molecule has 5 nitrogen and oxygen atoms in total. The van der Waals surface area contributed by atoms with E-state index in [4.69, 9.17) is 9.97 Å². The van der Waals surface area contributed by atoms with Crippen LogP contribution >= 0.6 is 0 Å². The van der Waals surface area contributed by atoms with Gasteiger partial charge in [0.1, 0.15) is 0 Å². The Kier molecular flexibility index (Phi) is 4.40. The third-order valence-corrected chi connectivity index (χ3v) is 3.93. The van der Waals surface area contributed by atoms with Gasteiger partial charge in [0.25, 0.3) is 5.91 Å². The Labute approximate surface area is 147 Å². The van der Waals surface area contributed by atoms with E-state index in [1.54, 1.807) is 13.1 Å². The van der Waals surface area contributed by atoms with E-state index in [0.717, 1.165) is 16.7 Å². The van der Waals surface area contributed by atoms with E-state index >= 15 is 0 Å². The molecule has 3 aromatic rings. The smallest absolute Gasteiger partial charge is 0.253 e. The predicted molar refractivity (Wildman–Crippen MR) is 101 cm³/mol. The Bertz CT molecular complexity index is 928. The number of carbonyl (C=O) groups excluding carboxylic acids is 1. The molecule has 0 aliphatic rings. The third-order valence-electron chi connectivity index (χ3n) is 3.93. The molecular weight excluding hydrogens is 312 g/mol. The number of hydrogen-bond acceptors (Lipinski definition) is 4. The lowest BCUT2D eigenvalue weighted by molar-refractivity contribution is 0.0964. The number of para-hydroxylation sites is 3. The number of anilines is 2. The maximum Gasteiger partial charge on any atom is 0.253 e. The first kappa shape index (κ1) is 16.9. The molecule has 0 fully saturated rings. The van der Waals surface area contributed by atoms with E-state index in [0.29, 0.717) is 17.1 Å². The SMILES string of the molecule is CNC(=O)c1ccccc1Nc1nc2ccccc2nc1C(C)(C)C. The first-order chi connectivity index (χ1) is 11.9. The minimum absolute atomic E-state index is 0.144. The fourth-order valence-corrected chi connectivity index (χ4v) is 2.66. The summed E-state index contributed by atoms with van der Waals surface area (Å²) in [6, 6.07) is 15.2. The van der Waals surface area contributed by atoms with Crippen LogP contribution in [0.5, 0.6) is 0 Å². The maximum atomic E-state index is 12.1. The second kappa shape index (κ2) is 6.51. The van der Waals surface area contributed by atoms with Crippen LogP contribution in [0, 0.1) is 0 Å². The highest BCUT2D eigenvalue weighted by molar-refractivity contribution is 6.00. The summed E-state index contributed by atoms with van der Waals surface area (Å²) in [5.74, 6) is 0.525. The van der Waals surface area contributed by atoms with Gasteiger partial charge < -0.3 is 10.6 Å². The summed E-state index contributed by atoms with van der Waals surface area (Å²) in [7, 11) is 1.62. The normalized spacial score (nSPS) is 11.4. The Balaban J connectivity index is 2.14. The molecule has 0 bridgehead atoms. The number of nitrogens with zero attached hydrogens (tertiary/aromatic N) is 2. The number of aromatic nitrogens is 2. The Morgan fingerprint density at radius 2 is 1.52 bits per heavy atom. The lowest BCUT2D eigenvalue weighted by Crippen LogP contribution is -2.20. The largest absolute Gasteiger partial charge is 0.355 e. The van der Waals surface area contributed by atoms with Crippen molar-refractivity contribution in [2.75, 3.05) is 12.4 Å². The molecule has 3 rings (SSSR count). The fourth-order valence-electron chi connectivity index (χ4n) is 2.66. The van der Waals surface area contributed by atoms with Crippen LogP contribution in [-0.4, -0.2) is 22.9 Å². The second-order valence-corrected chi connectivity index (χ2v) is 6.91. The highest BCUT2D eigenvalue weighted by atomic mass is 16.1. The highest BCUT2D eigenvalue weighted by Gasteiger charge is 2.23. The van der Waals surface area contributed by atoms with E-state index in [2.05, 4.69) is 31.4 Å². The fraction of sp³-hybridized carbons (Fsp3) is 0.250. The van der Waals surface area contributed by atoms with Gasteiger partial charge >= 0.3 is 0 Å². The van der Waals surface area contributed by atoms with Crippen molar-refractivity contribution in [3.8, 4) is 0 Å². The van der Waals surface area contributed by atoms with Crippen LogP contribution in [0.15, 0.2) is 48.5 Å². The summed E-state index contributed by atoms with van der Waals surface area (Å²) >= 11 is 0. The number of nitrogens with one attached hydrogen (secondary N) is 2. The number of benzene rings is 2. The van der Waals surface area contributed by atoms with Crippen LogP contribution < -0.4 is 10.6 Å². The molecule has 1 heterocycles. The molecular formula is C20H22N4O. The molecule has 0 spiro atoms. The van der Waals surface area contributed by atoms with Crippen LogP contribution in [0.4, 0.5) is 11.5 Å². The van der Waals surface area contributed by atoms with Crippen molar-refractivity contribution < 1.29 is 4.79 Å². The van der Waals surface area contributed by atoms with Gasteiger partial charge in [-0.15, -0.1) is 0 Å². The summed E-state index contributed by atoms with van der Waals surface area (Å²) in [5.41, 5.74) is 3.61. The van der Waals surface area contributed by atoms with Crippen LogP contribution in [0.25, 0.3) is 11.0 Å². The number of hydrogen-bond donors (Lipinski definition) is 2. The van der Waals surface area contributed by atoms with Gasteiger partial charge in [-0.25, -0.2) is 9.97 Å². The van der Waals surface area contributed by atoms with Crippen molar-refractivity contribution in [3.05, 3.63) is 59.8 Å². The Morgan fingerprint density at radius 1 is 0.920 bits per heavy atom. The molecule has 25 heavy (non-hydrogen) atoms. The van der Waals surface area contributed by atoms with Crippen molar-refractivity contribution in [2.45, 2.75) is 26.2 Å². The molecule has 128 valence electrons. The van der Waals surface area contributed by atoms with Crippen molar-refractivity contribution in [3.63, 3.8) is 0 Å². The van der Waals surface area contributed by atoms with E-state index in [1.165, 1.54) is 0 Å². The lowest BCUT2D eigenvalue weighted by atomic mass is 9.91. The average Bonchev–Trinajstić information content (AvgIpc) is 2.60. The average molecular weight is 334 g/mol. The van der Waals surface area contributed by atoms with Gasteiger partial charge in [-0.2, -0.15) is 0 Å². The van der Waals surface area contributed by atoms with Crippen LogP contribution in [0.1, 0.15) is 36.8 Å². The molecule has 0 aliphatic heterocycles. The zero-order valence-electron chi connectivity index (χ0n) is 14.9. The third kappa shape index (κ3) is 3.45. The minimum Gasteiger partial charge on any atom is -0.355 e. The number of fused-ring (bicyclic) bond motifs is 1. The molecule has 1 amide bonds. The maximum absolute atomic E-state index is 12.1. The number of amides is 1. The molecule has 0 aliphatic carbocycles. The van der Waals surface area contributed by atoms with Gasteiger partial charge in [0.15, 0.2) is 5.82 Å². The van der Waals surface area contributed by atoms with E-state index in [1.807, 2.05) is 42.5 Å². The van der Waals surface area contributed by atoms with Crippen LogP contribution in [-0.2, 0) is 5.41 Å². The van der Waals surface area contributed by atoms with Gasteiger partial charge in [-0.1, -0.05) is 45.0 Å². The van der Waals surface area contributed by atoms with E-state index in [-0.39, 0.29) is 11.3 Å². The summed E-state index contributed by atoms with van der Waals surface area (Å²) in [4.78, 5) is 21.7. The molecule has 1 aromatic heterocycles. The molecule has 0 saturated heterocycles. The summed E-state index contributed by atoms with van der Waals surface area (Å²) < 4.78 is 0. The first-order valence-corrected chi connectivity index (χ1v) is 8.25. The lowest BCUT2D eigenvalue weighted by Gasteiger charge is -2.22. The Morgan fingerprint density at radius 3 is 2.16 bits per heavy atom. The number of rotatable bonds is 3. The summed E-state index contributed by atoms with van der Waals surface area (Å²) in [6.07, 6.45) is 0. The van der Waals surface area contributed by atoms with Crippen molar-refractivity contribution >= 4 is 28.4 Å². The van der Waals surface area contributed by atoms with Crippen LogP contribution in [0.2, 0.25) is 0 Å². The highest BCUT2D eigenvalue weighted by Crippen LogP contribution is 2.31. The van der Waals surface area contributed by atoms with Crippen molar-refractivity contribution in [1.82, 2.24) is 15.3 Å². The molecule has 5 heteroatoms. The van der Waals surface area contributed by atoms with Gasteiger partial charge in [0.05, 0.1) is 28.0 Å². The van der Waals surface area contributed by atoms with Crippen molar-refractivity contribution in [1.29, 1.82) is 0 Å². The van der Waals surface area contributed by atoms with Gasteiger partial charge in [0.2, 0.25) is 0 Å². The van der Waals surface area contributed by atoms with E-state index < -0.39 is 0 Å². The Hall–Kier alpha value is -2.95. The monoisotopic (exact) mass is 334 g/mol. The molecule has 2 aromatic carbocycles. The predicted octanol–water partition coefficient (Wildman–Crippen LogP) is 4.03. The zero-order chi connectivity index (χ0) is 18.0. The standard InChI is InChI=1S/C20H22N4O/c1-20(2,3)17-18(24-16-12-8-7-11-15(16)22-17)23-14-10-6-5-9-13(14)19(25)21-4/h5-12H,1-4H3,(H,21,25)(H,23,24). The van der Waals surface area contributed by atoms with Gasteiger partial charge in [-0.3, -0.25) is 4.79 Å². The minimum atomic E-state index is -0.193. The topological polar surface area (TPSA) is 66.9 Å². The van der Waals surface area contributed by atoms with Gasteiger partial charge in [-0.05, 0) is 24.3 Å². The second-order valence-electron chi connectivity index (χ2n) is 6.91. The van der Waals surface area contributed by atoms with Crippen LogP contribution in [0.3, 0.4) is 0 Å². The number of carbonyl (C=O) groups is 1. The molecule has 0 atom stereocenters. The van der Waals surface area contributed by atoms with E-state index in [9.17, 15) is 4.79 Å². The molecule has 0 radical (unpaired) electrons. The molecule has 0 saturated carbocycles. The first-order valence-electron chi connectivity index (χ1n) is 8.25. The molecule has 0 unspecified atom stereocenters. The van der Waals surface area contributed by atoms with Crippen molar-refractivity contribution in [2.24, 2.45) is 0 Å². The summed E-state index contributed by atoms with van der Waals surface area (Å²) in [6.45, 7) is 6.30.